The van der Waals surface area contributed by atoms with Crippen LogP contribution in [-0.2, 0) is 23.2 Å². The van der Waals surface area contributed by atoms with E-state index in [9.17, 15) is 0 Å². The van der Waals surface area contributed by atoms with Crippen LogP contribution < -0.4 is 24.8 Å². The fourth-order valence-electron chi connectivity index (χ4n) is 3.17. The number of rotatable bonds is 2. The largest absolute Gasteiger partial charge is 1.00 e. The quantitative estimate of drug-likeness (QED) is 0.504. The Morgan fingerprint density at radius 1 is 1.13 bits per heavy atom. The van der Waals surface area contributed by atoms with Crippen LogP contribution >= 0.6 is 15.9 Å². The summed E-state index contributed by atoms with van der Waals surface area (Å²) >= 11 is 3.27. The second kappa shape index (κ2) is 7.83. The zero-order valence-corrected chi connectivity index (χ0v) is 18.2. The van der Waals surface area contributed by atoms with E-state index in [0.717, 1.165) is 0 Å². The van der Waals surface area contributed by atoms with Crippen molar-refractivity contribution in [2.75, 3.05) is 0 Å². The summed E-state index contributed by atoms with van der Waals surface area (Å²) in [7, 11) is 0. The number of allylic oxidation sites excluding steroid dienone is 9. The maximum absolute atomic E-state index is 3.92. The minimum absolute atomic E-state index is 0. The summed E-state index contributed by atoms with van der Waals surface area (Å²) < 4.78 is 3.36. The first-order valence-electron chi connectivity index (χ1n) is 7.24. The molecule has 0 saturated heterocycles. The first-order chi connectivity index (χ1) is 10.2. The molecule has 3 aliphatic carbocycles. The van der Waals surface area contributed by atoms with Gasteiger partial charge in [-0.1, -0.05) is 0 Å². The number of fused-ring (bicyclic) bond motifs is 2. The monoisotopic (exact) mass is 482 g/mol. The molecule has 0 spiro atoms. The van der Waals surface area contributed by atoms with Gasteiger partial charge in [0.1, 0.15) is 0 Å². The van der Waals surface area contributed by atoms with Gasteiger partial charge in [-0.05, 0) is 0 Å². The van der Waals surface area contributed by atoms with Crippen molar-refractivity contribution in [3.8, 4) is 0 Å². The molecule has 0 amide bonds. The second-order valence-corrected chi connectivity index (χ2v) is 9.99. The van der Waals surface area contributed by atoms with Gasteiger partial charge >= 0.3 is 146 Å². The van der Waals surface area contributed by atoms with E-state index in [1.165, 1.54) is 34.3 Å². The van der Waals surface area contributed by atoms with E-state index < -0.39 is 23.2 Å². The number of hydrogen-bond donors (Lipinski definition) is 0. The van der Waals surface area contributed by atoms with E-state index in [0.29, 0.717) is 4.83 Å². The average molecular weight is 485 g/mol. The summed E-state index contributed by atoms with van der Waals surface area (Å²) in [5.74, 6) is 0. The minimum Gasteiger partial charge on any atom is -1.00 e. The molecule has 4 heteroatoms. The Kier molecular flexibility index (Phi) is 6.53. The molecule has 0 fully saturated rings. The first-order valence-corrected chi connectivity index (χ1v) is 10.6. The van der Waals surface area contributed by atoms with Gasteiger partial charge in [-0.15, -0.1) is 0 Å². The van der Waals surface area contributed by atoms with Gasteiger partial charge in [0.2, 0.25) is 0 Å². The van der Waals surface area contributed by atoms with Crippen molar-refractivity contribution in [2.24, 2.45) is 0 Å². The maximum Gasteiger partial charge on any atom is -1.00 e. The molecule has 0 aliphatic heterocycles. The summed E-state index contributed by atoms with van der Waals surface area (Å²) in [5.41, 5.74) is 7.24. The van der Waals surface area contributed by atoms with Crippen LogP contribution in [0.1, 0.15) is 29.3 Å². The Bertz CT molecular complexity index is 784. The van der Waals surface area contributed by atoms with E-state index in [1.54, 1.807) is 6.56 Å². The summed E-state index contributed by atoms with van der Waals surface area (Å²) in [5, 5.41) is 0. The van der Waals surface area contributed by atoms with Gasteiger partial charge in [-0.3, -0.25) is 0 Å². The van der Waals surface area contributed by atoms with Crippen molar-refractivity contribution in [1.29, 1.82) is 0 Å². The van der Waals surface area contributed by atoms with Crippen molar-refractivity contribution < 1.29 is 48.0 Å². The molecule has 1 atom stereocenters. The smallest absolute Gasteiger partial charge is 1.00 e. The average Bonchev–Trinajstić information content (AvgIpc) is 3.10. The molecule has 116 valence electrons. The second-order valence-electron chi connectivity index (χ2n) is 5.66. The van der Waals surface area contributed by atoms with Crippen molar-refractivity contribution in [3.63, 3.8) is 0 Å². The van der Waals surface area contributed by atoms with Crippen LogP contribution in [0.4, 0.5) is 0 Å². The molecule has 3 aliphatic rings. The predicted molar refractivity (Wildman–Crippen MR) is 88.7 cm³/mol. The van der Waals surface area contributed by atoms with E-state index in [4.69, 9.17) is 0 Å². The Morgan fingerprint density at radius 3 is 2.65 bits per heavy atom. The molecule has 0 radical (unpaired) electrons. The topological polar surface area (TPSA) is 0 Å². The third kappa shape index (κ3) is 3.47. The van der Waals surface area contributed by atoms with Crippen molar-refractivity contribution in [3.05, 3.63) is 83.0 Å². The van der Waals surface area contributed by atoms with Gasteiger partial charge in [0.15, 0.2) is 0 Å². The zero-order valence-electron chi connectivity index (χ0n) is 12.6. The molecule has 0 nitrogen and oxygen atoms in total. The van der Waals surface area contributed by atoms with Gasteiger partial charge in [-0.2, -0.15) is 0 Å². The standard InChI is InChI=1S/C14H10Br.C5H5.2ClH.Zr/c1-9-6-11-8-10-4-2-3-5-12(10)14(15)13(11)7-9;1-2-4-5-3-1;;;/h2-5,7-8,14H,1H3;1-3H,4H2;2*1H;/q;;;;+2/p-2. The molecule has 0 N–H and O–H groups in total. The van der Waals surface area contributed by atoms with E-state index >= 15 is 0 Å². The van der Waals surface area contributed by atoms with Crippen LogP contribution in [0.2, 0.25) is 0 Å². The maximum atomic E-state index is 3.92. The third-order valence-corrected chi connectivity index (χ3v) is 9.18. The van der Waals surface area contributed by atoms with Crippen molar-refractivity contribution in [2.45, 2.75) is 18.2 Å². The van der Waals surface area contributed by atoms with Crippen LogP contribution in [0.5, 0.6) is 0 Å². The predicted octanol–water partition coefficient (Wildman–Crippen LogP) is -0.332. The summed E-state index contributed by atoms with van der Waals surface area (Å²) in [6.07, 6.45) is 12.8. The molecule has 23 heavy (non-hydrogen) atoms. The normalized spacial score (nSPS) is 20.4. The van der Waals surface area contributed by atoms with Crippen molar-refractivity contribution >= 4 is 22.0 Å². The number of halogens is 3. The van der Waals surface area contributed by atoms with E-state index in [-0.39, 0.29) is 24.8 Å². The molecular weight excluding hydrogens is 470 g/mol. The number of hydrogen-bond acceptors (Lipinski definition) is 0. The molecule has 1 aromatic carbocycles. The Balaban J connectivity index is 0.000000960. The van der Waals surface area contributed by atoms with E-state index in [1.807, 2.05) is 0 Å². The third-order valence-electron chi connectivity index (χ3n) is 4.25. The molecule has 1 aromatic rings. The Hall–Kier alpha value is -0.137. The Labute approximate surface area is 170 Å². The molecule has 4 rings (SSSR count). The van der Waals surface area contributed by atoms with Crippen LogP contribution in [0.15, 0.2) is 71.9 Å². The fourth-order valence-corrected chi connectivity index (χ4v) is 7.26. The molecule has 0 aromatic heterocycles. The SMILES string of the molecule is CC1=[C]([Zr+2][C]2=CC=CC2)C2=Cc3ccccc3C(Br)C2=C1.[Cl-].[Cl-]. The first kappa shape index (κ1) is 19.2. The van der Waals surface area contributed by atoms with Crippen LogP contribution in [-0.4, -0.2) is 0 Å². The molecule has 0 bridgehead atoms. The van der Waals surface area contributed by atoms with Gasteiger partial charge in [0, 0.05) is 0 Å². The summed E-state index contributed by atoms with van der Waals surface area (Å²) in [6, 6.07) is 8.74. The zero-order chi connectivity index (χ0) is 14.4. The summed E-state index contributed by atoms with van der Waals surface area (Å²) in [6.45, 7) is 2.29. The van der Waals surface area contributed by atoms with Crippen molar-refractivity contribution in [1.82, 2.24) is 0 Å². The molecular formula is C19H15BrCl2Zr. The van der Waals surface area contributed by atoms with Gasteiger partial charge in [-0.25, -0.2) is 0 Å². The van der Waals surface area contributed by atoms with Crippen LogP contribution in [0.25, 0.3) is 6.08 Å². The molecule has 1 unspecified atom stereocenters. The van der Waals surface area contributed by atoms with Crippen LogP contribution in [0.3, 0.4) is 0 Å². The number of benzene rings is 1. The van der Waals surface area contributed by atoms with Crippen LogP contribution in [0, 0.1) is 0 Å². The van der Waals surface area contributed by atoms with Gasteiger partial charge < -0.3 is 24.8 Å². The molecule has 0 saturated carbocycles. The molecule has 0 heterocycles. The van der Waals surface area contributed by atoms with Gasteiger partial charge in [0.25, 0.3) is 0 Å². The fraction of sp³-hybridized carbons (Fsp3) is 0.158. The summed E-state index contributed by atoms with van der Waals surface area (Å²) in [4.78, 5) is 0.344. The van der Waals surface area contributed by atoms with E-state index in [2.05, 4.69) is 77.5 Å². The number of alkyl halides is 1. The Morgan fingerprint density at radius 2 is 1.91 bits per heavy atom. The minimum atomic E-state index is -0.651. The van der Waals surface area contributed by atoms with Gasteiger partial charge in [0.05, 0.1) is 0 Å².